The van der Waals surface area contributed by atoms with Crippen LogP contribution in [0.5, 0.6) is 0 Å². The van der Waals surface area contributed by atoms with E-state index in [0.29, 0.717) is 6.61 Å². The Hall–Kier alpha value is -0.870. The molecule has 0 aliphatic heterocycles. The number of nitrogens with zero attached hydrogens (tertiary/aromatic N) is 2. The molecule has 1 aromatic heterocycles. The van der Waals surface area contributed by atoms with Crippen molar-refractivity contribution in [3.63, 3.8) is 0 Å². The van der Waals surface area contributed by atoms with Gasteiger partial charge in [0.1, 0.15) is 0 Å². The first-order valence-electron chi connectivity index (χ1n) is 3.21. The van der Waals surface area contributed by atoms with Gasteiger partial charge in [-0.2, -0.15) is 0 Å². The van der Waals surface area contributed by atoms with Crippen molar-refractivity contribution in [3.05, 3.63) is 18.7 Å². The van der Waals surface area contributed by atoms with E-state index in [-0.39, 0.29) is 0 Å². The summed E-state index contributed by atoms with van der Waals surface area (Å²) in [5.74, 6) is 4.84. The summed E-state index contributed by atoms with van der Waals surface area (Å²) >= 11 is 0. The van der Waals surface area contributed by atoms with E-state index in [2.05, 4.69) is 9.82 Å². The molecular weight excluding hydrogens is 130 g/mol. The third-order valence-electron chi connectivity index (χ3n) is 1.24. The van der Waals surface area contributed by atoms with E-state index in [0.717, 1.165) is 13.0 Å². The molecule has 0 unspecified atom stereocenters. The molecule has 0 saturated heterocycles. The number of imidazole rings is 1. The van der Waals surface area contributed by atoms with Crippen LogP contribution < -0.4 is 5.90 Å². The van der Waals surface area contributed by atoms with Gasteiger partial charge in [-0.15, -0.1) is 0 Å². The first-order valence-corrected chi connectivity index (χ1v) is 3.21. The van der Waals surface area contributed by atoms with Crippen LogP contribution in [0, 0.1) is 0 Å². The number of rotatable bonds is 4. The molecule has 1 aromatic rings. The molecule has 0 aliphatic carbocycles. The number of hydrogen-bond donors (Lipinski definition) is 1. The Morgan fingerprint density at radius 2 is 2.50 bits per heavy atom. The van der Waals surface area contributed by atoms with Gasteiger partial charge in [0.15, 0.2) is 0 Å². The van der Waals surface area contributed by atoms with Crippen molar-refractivity contribution in [1.82, 2.24) is 9.55 Å². The molecule has 56 valence electrons. The Morgan fingerprint density at radius 3 is 3.10 bits per heavy atom. The molecule has 0 spiro atoms. The van der Waals surface area contributed by atoms with Crippen LogP contribution in [0.1, 0.15) is 6.42 Å². The third kappa shape index (κ3) is 2.16. The quantitative estimate of drug-likeness (QED) is 0.480. The maximum absolute atomic E-state index is 4.84. The molecule has 0 atom stereocenters. The van der Waals surface area contributed by atoms with Gasteiger partial charge in [0.25, 0.3) is 0 Å². The van der Waals surface area contributed by atoms with Crippen molar-refractivity contribution in [2.45, 2.75) is 13.0 Å². The molecule has 0 radical (unpaired) electrons. The fourth-order valence-electron chi connectivity index (χ4n) is 0.749. The van der Waals surface area contributed by atoms with Crippen LogP contribution in [0.2, 0.25) is 0 Å². The lowest BCUT2D eigenvalue weighted by molar-refractivity contribution is 0.132. The Morgan fingerprint density at radius 1 is 1.60 bits per heavy atom. The number of aryl methyl sites for hydroxylation is 1. The van der Waals surface area contributed by atoms with Crippen molar-refractivity contribution in [2.75, 3.05) is 6.61 Å². The van der Waals surface area contributed by atoms with Crippen LogP contribution >= 0.6 is 0 Å². The Balaban J connectivity index is 2.15. The van der Waals surface area contributed by atoms with E-state index in [9.17, 15) is 0 Å². The van der Waals surface area contributed by atoms with E-state index in [4.69, 9.17) is 5.90 Å². The second kappa shape index (κ2) is 4.03. The summed E-state index contributed by atoms with van der Waals surface area (Å²) in [4.78, 5) is 8.30. The van der Waals surface area contributed by atoms with Gasteiger partial charge in [0.05, 0.1) is 12.9 Å². The van der Waals surface area contributed by atoms with Gasteiger partial charge in [0, 0.05) is 18.9 Å². The lowest BCUT2D eigenvalue weighted by Crippen LogP contribution is -2.04. The normalized spacial score (nSPS) is 10.1. The minimum atomic E-state index is 0.595. The Labute approximate surface area is 59.6 Å². The second-order valence-corrected chi connectivity index (χ2v) is 2.02. The summed E-state index contributed by atoms with van der Waals surface area (Å²) in [6.45, 7) is 1.51. The fraction of sp³-hybridized carbons (Fsp3) is 0.500. The molecule has 1 rings (SSSR count). The average molecular weight is 141 g/mol. The fourth-order valence-corrected chi connectivity index (χ4v) is 0.749. The van der Waals surface area contributed by atoms with Gasteiger partial charge in [-0.05, 0) is 6.42 Å². The predicted octanol–water partition coefficient (Wildman–Crippen LogP) is 0.163. The molecule has 0 bridgehead atoms. The van der Waals surface area contributed by atoms with Gasteiger partial charge >= 0.3 is 0 Å². The smallest absolute Gasteiger partial charge is 0.0945 e. The minimum Gasteiger partial charge on any atom is -0.337 e. The van der Waals surface area contributed by atoms with Crippen LogP contribution in [-0.4, -0.2) is 16.2 Å². The number of nitrogens with two attached hydrogens (primary N) is 1. The van der Waals surface area contributed by atoms with E-state index in [1.165, 1.54) is 0 Å². The lowest BCUT2D eigenvalue weighted by Gasteiger charge is -1.98. The Bertz CT molecular complexity index is 162. The minimum absolute atomic E-state index is 0.595. The lowest BCUT2D eigenvalue weighted by atomic mass is 10.4. The van der Waals surface area contributed by atoms with E-state index < -0.39 is 0 Å². The highest BCUT2D eigenvalue weighted by atomic mass is 16.6. The third-order valence-corrected chi connectivity index (χ3v) is 1.24. The summed E-state index contributed by atoms with van der Waals surface area (Å²) in [5, 5.41) is 0. The van der Waals surface area contributed by atoms with Gasteiger partial charge in [-0.3, -0.25) is 0 Å². The molecule has 0 saturated carbocycles. The number of hydrogen-bond acceptors (Lipinski definition) is 3. The van der Waals surface area contributed by atoms with Crippen molar-refractivity contribution in [3.8, 4) is 0 Å². The SMILES string of the molecule is NOCCCn1ccnc1. The largest absolute Gasteiger partial charge is 0.337 e. The molecule has 0 aromatic carbocycles. The maximum atomic E-state index is 4.84. The summed E-state index contributed by atoms with van der Waals surface area (Å²) in [5.41, 5.74) is 0. The predicted molar refractivity (Wildman–Crippen MR) is 37.0 cm³/mol. The highest BCUT2D eigenvalue weighted by molar-refractivity contribution is 4.73. The topological polar surface area (TPSA) is 53.1 Å². The molecular formula is C6H11N3O. The van der Waals surface area contributed by atoms with Crippen molar-refractivity contribution >= 4 is 0 Å². The maximum Gasteiger partial charge on any atom is 0.0945 e. The standard InChI is InChI=1S/C6H11N3O/c7-10-5-1-3-9-4-2-8-6-9/h2,4,6H,1,3,5,7H2. The average Bonchev–Trinajstić information content (AvgIpc) is 2.41. The van der Waals surface area contributed by atoms with Gasteiger partial charge in [0.2, 0.25) is 0 Å². The summed E-state index contributed by atoms with van der Waals surface area (Å²) < 4.78 is 1.99. The number of aromatic nitrogens is 2. The highest BCUT2D eigenvalue weighted by Gasteiger charge is 1.87. The zero-order chi connectivity index (χ0) is 7.23. The van der Waals surface area contributed by atoms with E-state index >= 15 is 0 Å². The monoisotopic (exact) mass is 141 g/mol. The van der Waals surface area contributed by atoms with Crippen LogP contribution in [0.4, 0.5) is 0 Å². The van der Waals surface area contributed by atoms with Crippen molar-refractivity contribution < 1.29 is 4.84 Å². The van der Waals surface area contributed by atoms with Crippen LogP contribution in [0.15, 0.2) is 18.7 Å². The summed E-state index contributed by atoms with van der Waals surface area (Å²) in [6.07, 6.45) is 6.36. The zero-order valence-corrected chi connectivity index (χ0v) is 5.73. The van der Waals surface area contributed by atoms with Crippen molar-refractivity contribution in [1.29, 1.82) is 0 Å². The summed E-state index contributed by atoms with van der Waals surface area (Å²) in [7, 11) is 0. The first-order chi connectivity index (χ1) is 4.93. The first kappa shape index (κ1) is 7.24. The van der Waals surface area contributed by atoms with Gasteiger partial charge in [-0.25, -0.2) is 10.9 Å². The second-order valence-electron chi connectivity index (χ2n) is 2.02. The molecule has 1 heterocycles. The van der Waals surface area contributed by atoms with Crippen LogP contribution in [0.25, 0.3) is 0 Å². The zero-order valence-electron chi connectivity index (χ0n) is 5.73. The highest BCUT2D eigenvalue weighted by Crippen LogP contribution is 1.89. The molecule has 10 heavy (non-hydrogen) atoms. The summed E-state index contributed by atoms with van der Waals surface area (Å²) in [6, 6.07) is 0. The molecule has 0 amide bonds. The van der Waals surface area contributed by atoms with Gasteiger partial charge < -0.3 is 9.40 Å². The van der Waals surface area contributed by atoms with E-state index in [1.54, 1.807) is 12.5 Å². The van der Waals surface area contributed by atoms with Crippen molar-refractivity contribution in [2.24, 2.45) is 5.90 Å². The molecule has 4 nitrogen and oxygen atoms in total. The molecule has 2 N–H and O–H groups in total. The van der Waals surface area contributed by atoms with Crippen LogP contribution in [-0.2, 0) is 11.4 Å². The molecule has 0 aliphatic rings. The Kier molecular flexibility index (Phi) is 2.92. The van der Waals surface area contributed by atoms with Crippen LogP contribution in [0.3, 0.4) is 0 Å². The van der Waals surface area contributed by atoms with Gasteiger partial charge in [-0.1, -0.05) is 0 Å². The molecule has 0 fully saturated rings. The van der Waals surface area contributed by atoms with E-state index in [1.807, 2.05) is 10.8 Å². The molecule has 4 heteroatoms.